The van der Waals surface area contributed by atoms with Crippen LogP contribution < -0.4 is 0 Å². The molecule has 1 fully saturated rings. The second-order valence-electron chi connectivity index (χ2n) is 5.02. The highest BCUT2D eigenvalue weighted by Gasteiger charge is 2.49. The smallest absolute Gasteiger partial charge is 0.323 e. The monoisotopic (exact) mass is 268 g/mol. The van der Waals surface area contributed by atoms with Crippen LogP contribution >= 0.6 is 0 Å². The Bertz CT molecular complexity index is 313. The van der Waals surface area contributed by atoms with Gasteiger partial charge in [-0.05, 0) is 32.6 Å². The molecule has 0 heterocycles. The maximum absolute atomic E-state index is 12.3. The Morgan fingerprint density at radius 1 is 1.21 bits per heavy atom. The lowest BCUT2D eigenvalue weighted by Crippen LogP contribution is -2.44. The number of ether oxygens (including phenoxy) is 2. The molecular formula is C15H24O4. The van der Waals surface area contributed by atoms with Gasteiger partial charge in [0.25, 0.3) is 0 Å². The van der Waals surface area contributed by atoms with Crippen molar-refractivity contribution in [3.63, 3.8) is 0 Å². The number of allylic oxidation sites excluding steroid dienone is 1. The van der Waals surface area contributed by atoms with Gasteiger partial charge in [-0.25, -0.2) is 0 Å². The predicted octanol–water partition coefficient (Wildman–Crippen LogP) is 2.87. The van der Waals surface area contributed by atoms with Gasteiger partial charge >= 0.3 is 11.9 Å². The highest BCUT2D eigenvalue weighted by atomic mass is 16.6. The van der Waals surface area contributed by atoms with Crippen molar-refractivity contribution in [1.82, 2.24) is 0 Å². The predicted molar refractivity (Wildman–Crippen MR) is 72.5 cm³/mol. The first-order valence-electron chi connectivity index (χ1n) is 7.06. The van der Waals surface area contributed by atoms with Gasteiger partial charge in [0.2, 0.25) is 0 Å². The molecule has 0 amide bonds. The quantitative estimate of drug-likeness (QED) is 0.386. The molecule has 4 nitrogen and oxygen atoms in total. The SMILES string of the molecule is C=CCC(CC1CCC1)(C(=O)OCC)C(=O)OCC. The Morgan fingerprint density at radius 3 is 2.05 bits per heavy atom. The third-order valence-corrected chi connectivity index (χ3v) is 3.69. The van der Waals surface area contributed by atoms with Crippen LogP contribution in [0.15, 0.2) is 12.7 Å². The standard InChI is InChI=1S/C15H24O4/c1-4-10-15(13(16)18-5-2,14(17)19-6-3)11-12-8-7-9-12/h4,12H,1,5-11H2,2-3H3. The van der Waals surface area contributed by atoms with E-state index in [0.717, 1.165) is 12.8 Å². The summed E-state index contributed by atoms with van der Waals surface area (Å²) in [6.45, 7) is 7.68. The first kappa shape index (κ1) is 15.7. The molecule has 1 aliphatic rings. The van der Waals surface area contributed by atoms with E-state index < -0.39 is 17.4 Å². The molecule has 0 bridgehead atoms. The Labute approximate surface area is 115 Å². The third kappa shape index (κ3) is 3.58. The van der Waals surface area contributed by atoms with Crippen molar-refractivity contribution in [3.05, 3.63) is 12.7 Å². The Hall–Kier alpha value is -1.32. The maximum Gasteiger partial charge on any atom is 0.323 e. The minimum Gasteiger partial charge on any atom is -0.465 e. The molecule has 0 saturated heterocycles. The fraction of sp³-hybridized carbons (Fsp3) is 0.733. The summed E-state index contributed by atoms with van der Waals surface area (Å²) in [5.41, 5.74) is -1.20. The molecular weight excluding hydrogens is 244 g/mol. The fourth-order valence-corrected chi connectivity index (χ4v) is 2.47. The van der Waals surface area contributed by atoms with Gasteiger partial charge < -0.3 is 9.47 Å². The van der Waals surface area contributed by atoms with Crippen molar-refractivity contribution in [2.75, 3.05) is 13.2 Å². The number of hydrogen-bond acceptors (Lipinski definition) is 4. The van der Waals surface area contributed by atoms with E-state index in [1.807, 2.05) is 0 Å². The van der Waals surface area contributed by atoms with Crippen molar-refractivity contribution >= 4 is 11.9 Å². The van der Waals surface area contributed by atoms with Crippen LogP contribution in [0.3, 0.4) is 0 Å². The normalized spacial score (nSPS) is 15.5. The molecule has 1 aliphatic carbocycles. The number of carbonyl (C=O) groups excluding carboxylic acids is 2. The Balaban J connectivity index is 2.95. The molecule has 1 rings (SSSR count). The highest BCUT2D eigenvalue weighted by Crippen LogP contribution is 2.41. The van der Waals surface area contributed by atoms with Gasteiger partial charge in [-0.1, -0.05) is 25.3 Å². The summed E-state index contributed by atoms with van der Waals surface area (Å²) < 4.78 is 10.2. The summed E-state index contributed by atoms with van der Waals surface area (Å²) in [5, 5.41) is 0. The van der Waals surface area contributed by atoms with Crippen LogP contribution in [0.25, 0.3) is 0 Å². The van der Waals surface area contributed by atoms with Crippen LogP contribution in [-0.2, 0) is 19.1 Å². The zero-order chi connectivity index (χ0) is 14.3. The lowest BCUT2D eigenvalue weighted by molar-refractivity contribution is -0.174. The van der Waals surface area contributed by atoms with Gasteiger partial charge in [-0.3, -0.25) is 9.59 Å². The summed E-state index contributed by atoms with van der Waals surface area (Å²) in [4.78, 5) is 24.6. The zero-order valence-corrected chi connectivity index (χ0v) is 11.9. The van der Waals surface area contributed by atoms with Gasteiger partial charge in [-0.15, -0.1) is 6.58 Å². The number of rotatable bonds is 8. The van der Waals surface area contributed by atoms with E-state index in [1.165, 1.54) is 6.42 Å². The molecule has 108 valence electrons. The summed E-state index contributed by atoms with van der Waals surface area (Å²) in [6, 6.07) is 0. The number of esters is 2. The van der Waals surface area contributed by atoms with Crippen LogP contribution in [0.1, 0.15) is 46.0 Å². The van der Waals surface area contributed by atoms with Crippen LogP contribution in [0, 0.1) is 11.3 Å². The average molecular weight is 268 g/mol. The maximum atomic E-state index is 12.3. The number of hydrogen-bond donors (Lipinski definition) is 0. The lowest BCUT2D eigenvalue weighted by atomic mass is 9.70. The van der Waals surface area contributed by atoms with E-state index in [-0.39, 0.29) is 19.6 Å². The van der Waals surface area contributed by atoms with Crippen LogP contribution in [0.4, 0.5) is 0 Å². The van der Waals surface area contributed by atoms with Crippen molar-refractivity contribution < 1.29 is 19.1 Å². The highest BCUT2D eigenvalue weighted by molar-refractivity contribution is 6.00. The van der Waals surface area contributed by atoms with Gasteiger partial charge in [-0.2, -0.15) is 0 Å². The second-order valence-corrected chi connectivity index (χ2v) is 5.02. The van der Waals surface area contributed by atoms with Crippen LogP contribution in [-0.4, -0.2) is 25.2 Å². The minimum atomic E-state index is -1.20. The Kier molecular flexibility index (Phi) is 6.06. The van der Waals surface area contributed by atoms with Crippen LogP contribution in [0.5, 0.6) is 0 Å². The van der Waals surface area contributed by atoms with Crippen molar-refractivity contribution in [2.24, 2.45) is 11.3 Å². The molecule has 0 radical (unpaired) electrons. The Morgan fingerprint density at radius 2 is 1.74 bits per heavy atom. The van der Waals surface area contributed by atoms with Crippen molar-refractivity contribution in [2.45, 2.75) is 46.0 Å². The third-order valence-electron chi connectivity index (χ3n) is 3.69. The van der Waals surface area contributed by atoms with E-state index in [1.54, 1.807) is 19.9 Å². The first-order valence-corrected chi connectivity index (χ1v) is 7.06. The van der Waals surface area contributed by atoms with E-state index >= 15 is 0 Å². The van der Waals surface area contributed by atoms with E-state index in [0.29, 0.717) is 12.3 Å². The molecule has 4 heteroatoms. The fourth-order valence-electron chi connectivity index (χ4n) is 2.47. The molecule has 1 saturated carbocycles. The summed E-state index contributed by atoms with van der Waals surface area (Å²) in [5.74, 6) is -0.533. The van der Waals surface area contributed by atoms with Crippen molar-refractivity contribution in [1.29, 1.82) is 0 Å². The number of carbonyl (C=O) groups is 2. The minimum absolute atomic E-state index is 0.266. The molecule has 0 spiro atoms. The topological polar surface area (TPSA) is 52.6 Å². The summed E-state index contributed by atoms with van der Waals surface area (Å²) in [7, 11) is 0. The zero-order valence-electron chi connectivity index (χ0n) is 11.9. The molecule has 0 atom stereocenters. The molecule has 0 aromatic carbocycles. The largest absolute Gasteiger partial charge is 0.465 e. The van der Waals surface area contributed by atoms with Gasteiger partial charge in [0.15, 0.2) is 5.41 Å². The van der Waals surface area contributed by atoms with Crippen LogP contribution in [0.2, 0.25) is 0 Å². The van der Waals surface area contributed by atoms with E-state index in [2.05, 4.69) is 6.58 Å². The molecule has 0 unspecified atom stereocenters. The molecule has 0 aromatic rings. The first-order chi connectivity index (χ1) is 9.10. The summed E-state index contributed by atoms with van der Waals surface area (Å²) >= 11 is 0. The molecule has 19 heavy (non-hydrogen) atoms. The van der Waals surface area contributed by atoms with E-state index in [4.69, 9.17) is 9.47 Å². The lowest BCUT2D eigenvalue weighted by Gasteiger charge is -2.35. The van der Waals surface area contributed by atoms with Gasteiger partial charge in [0.05, 0.1) is 13.2 Å². The molecule has 0 N–H and O–H groups in total. The molecule has 0 aromatic heterocycles. The van der Waals surface area contributed by atoms with Gasteiger partial charge in [0, 0.05) is 0 Å². The average Bonchev–Trinajstić information content (AvgIpc) is 2.32. The summed E-state index contributed by atoms with van der Waals surface area (Å²) in [6.07, 6.45) is 5.69. The second kappa shape index (κ2) is 7.31. The van der Waals surface area contributed by atoms with Crippen molar-refractivity contribution in [3.8, 4) is 0 Å². The molecule has 0 aliphatic heterocycles. The van der Waals surface area contributed by atoms with E-state index in [9.17, 15) is 9.59 Å². The van der Waals surface area contributed by atoms with Gasteiger partial charge in [0.1, 0.15) is 0 Å².